The van der Waals surface area contributed by atoms with Crippen molar-refractivity contribution in [3.8, 4) is 5.75 Å². The standard InChI is InChI=1S/C36H44N2O10S2.Na.H/c1-6-37(7-2)26-15-17-29-32(23-26)48-35(40)30(34(29)39)13-9-8-12-25-22-33(36(3,4)5)47-31-24-27(14-16-28(25)31)38(18-10-20-49(41,42)43)19-11-21-50(44,45)46;;/h8-9,12-17,22-24H,6-7,10-11,18-21H2,1-5H3,(H2-,39,40,41,42,43,44,45,46);;/p+1. The Bertz CT molecular complexity index is 2150. The van der Waals surface area contributed by atoms with Crippen LogP contribution in [0.5, 0.6) is 5.75 Å². The van der Waals surface area contributed by atoms with E-state index in [0.717, 1.165) is 29.7 Å². The van der Waals surface area contributed by atoms with Crippen molar-refractivity contribution in [1.29, 1.82) is 0 Å². The second kappa shape index (κ2) is 17.5. The molecule has 3 N–H and O–H groups in total. The summed E-state index contributed by atoms with van der Waals surface area (Å²) < 4.78 is 75.6. The quantitative estimate of drug-likeness (QED) is 0.0418. The fourth-order valence-corrected chi connectivity index (χ4v) is 6.57. The van der Waals surface area contributed by atoms with Crippen LogP contribution < -0.4 is 15.4 Å². The molecule has 12 nitrogen and oxygen atoms in total. The first-order valence-corrected chi connectivity index (χ1v) is 19.6. The third kappa shape index (κ3) is 11.6. The topological polar surface area (TPSA) is 177 Å². The molecule has 15 heteroatoms. The third-order valence-electron chi connectivity index (χ3n) is 8.22. The van der Waals surface area contributed by atoms with Gasteiger partial charge in [0.1, 0.15) is 16.9 Å². The molecular weight excluding hydrogens is 708 g/mol. The molecule has 2 aromatic heterocycles. The van der Waals surface area contributed by atoms with Gasteiger partial charge in [-0.3, -0.25) is 9.11 Å². The zero-order valence-corrected chi connectivity index (χ0v) is 30.6. The Balaban J connectivity index is 0.00000702. The number of benzene rings is 2. The van der Waals surface area contributed by atoms with Crippen molar-refractivity contribution in [1.82, 2.24) is 0 Å². The van der Waals surface area contributed by atoms with E-state index in [1.54, 1.807) is 41.3 Å². The average molecular weight is 754 g/mol. The van der Waals surface area contributed by atoms with Crippen molar-refractivity contribution in [2.45, 2.75) is 52.9 Å². The zero-order valence-electron chi connectivity index (χ0n) is 28.9. The van der Waals surface area contributed by atoms with Crippen LogP contribution in [0.1, 0.15) is 64.3 Å². The molecule has 0 fully saturated rings. The predicted octanol–water partition coefficient (Wildman–Crippen LogP) is 6.11. The van der Waals surface area contributed by atoms with Gasteiger partial charge in [0.2, 0.25) is 0 Å². The summed E-state index contributed by atoms with van der Waals surface area (Å²) in [5, 5.41) is 12.1. The summed E-state index contributed by atoms with van der Waals surface area (Å²) in [6, 6.07) is 12.7. The van der Waals surface area contributed by atoms with E-state index >= 15 is 0 Å². The zero-order chi connectivity index (χ0) is 36.9. The van der Waals surface area contributed by atoms with E-state index in [1.807, 2.05) is 58.9 Å². The molecule has 272 valence electrons. The molecule has 2 heterocycles. The minimum atomic E-state index is -4.19. The second-order valence-corrected chi connectivity index (χ2v) is 16.1. The Kier molecular flexibility index (Phi) is 14.5. The number of allylic oxidation sites excluding steroid dienone is 2. The van der Waals surface area contributed by atoms with Gasteiger partial charge < -0.3 is 19.3 Å². The summed E-state index contributed by atoms with van der Waals surface area (Å²) in [6.45, 7) is 12.0. The molecule has 0 aliphatic rings. The number of aromatic hydroxyl groups is 1. The van der Waals surface area contributed by atoms with Gasteiger partial charge in [-0.2, -0.15) is 16.8 Å². The number of nitrogens with zero attached hydrogens (tertiary/aromatic N) is 2. The average Bonchev–Trinajstić information content (AvgIpc) is 3.02. The number of anilines is 2. The van der Waals surface area contributed by atoms with E-state index < -0.39 is 37.4 Å². The Morgan fingerprint density at radius 1 is 0.804 bits per heavy atom. The first kappa shape index (κ1) is 42.2. The first-order chi connectivity index (χ1) is 23.4. The fourth-order valence-electron chi connectivity index (χ4n) is 5.58. The Morgan fingerprint density at radius 2 is 1.35 bits per heavy atom. The minimum absolute atomic E-state index is 0. The summed E-state index contributed by atoms with van der Waals surface area (Å²) in [6.07, 6.45) is 6.88. The van der Waals surface area contributed by atoms with Gasteiger partial charge in [0.05, 0.1) is 33.8 Å². The molecule has 0 radical (unpaired) electrons. The monoisotopic (exact) mass is 753 g/mol. The van der Waals surface area contributed by atoms with Crippen LogP contribution in [0.3, 0.4) is 0 Å². The van der Waals surface area contributed by atoms with Crippen LogP contribution in [0.4, 0.5) is 11.4 Å². The maximum atomic E-state index is 12.9. The molecule has 0 bridgehead atoms. The molecule has 0 spiro atoms. The van der Waals surface area contributed by atoms with Crippen molar-refractivity contribution in [2.75, 3.05) is 47.5 Å². The van der Waals surface area contributed by atoms with Gasteiger partial charge in [0.25, 0.3) is 20.2 Å². The van der Waals surface area contributed by atoms with Crippen LogP contribution in [0.2, 0.25) is 0 Å². The Labute approximate surface area is 321 Å². The number of rotatable bonds is 15. The Hall–Kier alpha value is -3.24. The first-order valence-electron chi connectivity index (χ1n) is 16.4. The molecule has 4 aromatic rings. The molecule has 0 unspecified atom stereocenters. The molecule has 0 aliphatic carbocycles. The number of hydrogen-bond acceptors (Lipinski definition) is 9. The normalized spacial score (nSPS) is 12.6. The van der Waals surface area contributed by atoms with Gasteiger partial charge >= 0.3 is 46.5 Å². The van der Waals surface area contributed by atoms with Gasteiger partial charge in [-0.25, -0.2) is 9.21 Å². The van der Waals surface area contributed by atoms with E-state index in [2.05, 4.69) is 4.90 Å². The second-order valence-electron chi connectivity index (χ2n) is 13.0. The van der Waals surface area contributed by atoms with Gasteiger partial charge in [-0.05, 0) is 77.8 Å². The summed E-state index contributed by atoms with van der Waals surface area (Å²) in [5.41, 5.74) is 2.12. The number of hydrogen-bond donors (Lipinski definition) is 3. The van der Waals surface area contributed by atoms with Crippen LogP contribution >= 0.6 is 0 Å². The summed E-state index contributed by atoms with van der Waals surface area (Å²) in [7, 11) is -8.38. The van der Waals surface area contributed by atoms with Crippen LogP contribution in [0.25, 0.3) is 34.1 Å². The summed E-state index contributed by atoms with van der Waals surface area (Å²) >= 11 is 0. The molecule has 0 amide bonds. The van der Waals surface area contributed by atoms with E-state index in [0.29, 0.717) is 28.0 Å². The van der Waals surface area contributed by atoms with Crippen molar-refractivity contribution >= 4 is 95.3 Å². The maximum absolute atomic E-state index is 12.9. The van der Waals surface area contributed by atoms with Crippen LogP contribution in [0, 0.1) is 0 Å². The van der Waals surface area contributed by atoms with Crippen molar-refractivity contribution in [3.63, 3.8) is 0 Å². The molecule has 0 aliphatic heterocycles. The van der Waals surface area contributed by atoms with Gasteiger partial charge in [0.15, 0.2) is 0 Å². The molecule has 0 atom stereocenters. The van der Waals surface area contributed by atoms with Gasteiger partial charge in [-0.1, -0.05) is 18.2 Å². The molecule has 51 heavy (non-hydrogen) atoms. The van der Waals surface area contributed by atoms with E-state index in [-0.39, 0.29) is 72.2 Å². The van der Waals surface area contributed by atoms with Crippen LogP contribution in [-0.2, 0) is 25.7 Å². The SMILES string of the molecule is CCN(CC)c1ccc2c(O)c(/C=C/C=C/c3cc(C(C)(C)C)[o+]c4cc(N(CCCS(=O)(=O)O)CCCS(=O)(=O)O)ccc34)c(=O)oc2c1.[NaH]. The van der Waals surface area contributed by atoms with Crippen LogP contribution in [-0.4, -0.2) is 98.3 Å². The van der Waals surface area contributed by atoms with Crippen molar-refractivity contribution in [3.05, 3.63) is 81.9 Å². The van der Waals surface area contributed by atoms with E-state index in [1.165, 1.54) is 6.08 Å². The van der Waals surface area contributed by atoms with Crippen molar-refractivity contribution < 1.29 is 39.9 Å². The van der Waals surface area contributed by atoms with Gasteiger partial charge in [-0.15, -0.1) is 0 Å². The third-order valence-corrected chi connectivity index (χ3v) is 9.83. The van der Waals surface area contributed by atoms with Gasteiger partial charge in [0, 0.05) is 55.2 Å². The fraction of sp³-hybridized carbons (Fsp3) is 0.389. The number of fused-ring (bicyclic) bond motifs is 2. The van der Waals surface area contributed by atoms with E-state index in [4.69, 9.17) is 8.83 Å². The Morgan fingerprint density at radius 3 is 1.90 bits per heavy atom. The molecule has 2 aromatic carbocycles. The van der Waals surface area contributed by atoms with Crippen molar-refractivity contribution in [2.24, 2.45) is 0 Å². The molecule has 4 rings (SSSR count). The summed E-state index contributed by atoms with van der Waals surface area (Å²) in [4.78, 5) is 16.8. The van der Waals surface area contributed by atoms with Crippen LogP contribution in [0.15, 0.2) is 68.2 Å². The van der Waals surface area contributed by atoms with E-state index in [9.17, 15) is 35.8 Å². The summed E-state index contributed by atoms with van der Waals surface area (Å²) in [5.74, 6) is -0.428. The predicted molar refractivity (Wildman–Crippen MR) is 207 cm³/mol. The molecule has 0 saturated carbocycles. The molecule has 0 saturated heterocycles. The molecular formula is C36H46N2NaO10S2+.